The standard InChI is InChI=1S/C20H17ClN2O3S/c1-2-27(25,26)19-9-7-14(20(22)24)12-15(19)13-6-8-17(21)16(11-13)18-5-3-4-10-23-18/h3-12H,2H2,1H3,(H2,22,24). The Hall–Kier alpha value is -2.70. The van der Waals surface area contributed by atoms with Crippen molar-refractivity contribution in [3.05, 3.63) is 71.4 Å². The van der Waals surface area contributed by atoms with Crippen molar-refractivity contribution in [3.8, 4) is 22.4 Å². The highest BCUT2D eigenvalue weighted by molar-refractivity contribution is 7.91. The zero-order valence-electron chi connectivity index (χ0n) is 14.5. The second-order valence-corrected chi connectivity index (χ2v) is 8.54. The third kappa shape index (κ3) is 3.86. The molecule has 0 aliphatic rings. The lowest BCUT2D eigenvalue weighted by atomic mass is 9.99. The van der Waals surface area contributed by atoms with Crippen LogP contribution in [0.2, 0.25) is 5.02 Å². The summed E-state index contributed by atoms with van der Waals surface area (Å²) in [6, 6.07) is 14.9. The molecular formula is C20H17ClN2O3S. The van der Waals surface area contributed by atoms with Gasteiger partial charge in [-0.15, -0.1) is 0 Å². The highest BCUT2D eigenvalue weighted by atomic mass is 35.5. The van der Waals surface area contributed by atoms with E-state index in [1.165, 1.54) is 18.2 Å². The van der Waals surface area contributed by atoms with E-state index in [1.807, 2.05) is 12.1 Å². The fourth-order valence-corrected chi connectivity index (χ4v) is 4.06. The Bertz CT molecular complexity index is 1110. The number of nitrogens with two attached hydrogens (primary N) is 1. The van der Waals surface area contributed by atoms with Gasteiger partial charge in [-0.25, -0.2) is 8.42 Å². The van der Waals surface area contributed by atoms with Crippen LogP contribution < -0.4 is 5.73 Å². The van der Waals surface area contributed by atoms with E-state index in [-0.39, 0.29) is 16.2 Å². The lowest BCUT2D eigenvalue weighted by Crippen LogP contribution is -2.12. The van der Waals surface area contributed by atoms with Gasteiger partial charge in [0.1, 0.15) is 0 Å². The molecule has 0 fully saturated rings. The van der Waals surface area contributed by atoms with Crippen molar-refractivity contribution in [1.29, 1.82) is 0 Å². The van der Waals surface area contributed by atoms with Gasteiger partial charge in [0, 0.05) is 27.9 Å². The van der Waals surface area contributed by atoms with E-state index in [0.29, 0.717) is 27.4 Å². The Labute approximate surface area is 162 Å². The van der Waals surface area contributed by atoms with Crippen LogP contribution in [-0.4, -0.2) is 25.1 Å². The first-order valence-corrected chi connectivity index (χ1v) is 10.2. The molecule has 3 rings (SSSR count). The van der Waals surface area contributed by atoms with E-state index >= 15 is 0 Å². The van der Waals surface area contributed by atoms with Gasteiger partial charge in [-0.3, -0.25) is 9.78 Å². The van der Waals surface area contributed by atoms with Crippen molar-refractivity contribution in [3.63, 3.8) is 0 Å². The first kappa shape index (κ1) is 19.1. The van der Waals surface area contributed by atoms with Gasteiger partial charge in [0.15, 0.2) is 9.84 Å². The predicted molar refractivity (Wildman–Crippen MR) is 106 cm³/mol. The normalized spacial score (nSPS) is 11.3. The SMILES string of the molecule is CCS(=O)(=O)c1ccc(C(N)=O)cc1-c1ccc(Cl)c(-c2ccccn2)c1. The van der Waals surface area contributed by atoms with Crippen LogP contribution in [0.15, 0.2) is 65.7 Å². The first-order chi connectivity index (χ1) is 12.8. The number of aromatic nitrogens is 1. The summed E-state index contributed by atoms with van der Waals surface area (Å²) in [7, 11) is -3.51. The smallest absolute Gasteiger partial charge is 0.248 e. The number of primary amides is 1. The van der Waals surface area contributed by atoms with Gasteiger partial charge in [-0.2, -0.15) is 0 Å². The van der Waals surface area contributed by atoms with Crippen LogP contribution in [-0.2, 0) is 9.84 Å². The molecule has 0 atom stereocenters. The molecule has 0 bridgehead atoms. The number of rotatable bonds is 5. The molecule has 0 spiro atoms. The highest BCUT2D eigenvalue weighted by Gasteiger charge is 2.20. The average molecular weight is 401 g/mol. The molecule has 1 heterocycles. The van der Waals surface area contributed by atoms with Crippen molar-refractivity contribution in [2.24, 2.45) is 5.73 Å². The summed E-state index contributed by atoms with van der Waals surface area (Å²) in [6.45, 7) is 1.57. The molecule has 0 unspecified atom stereocenters. The maximum absolute atomic E-state index is 12.5. The Morgan fingerprint density at radius 2 is 1.85 bits per heavy atom. The minimum Gasteiger partial charge on any atom is -0.366 e. The fraction of sp³-hybridized carbons (Fsp3) is 0.100. The fourth-order valence-electron chi connectivity index (χ4n) is 2.75. The molecule has 0 aliphatic carbocycles. The topological polar surface area (TPSA) is 90.1 Å². The van der Waals surface area contributed by atoms with E-state index in [0.717, 1.165) is 0 Å². The Morgan fingerprint density at radius 1 is 1.07 bits per heavy atom. The van der Waals surface area contributed by atoms with Gasteiger partial charge in [0.25, 0.3) is 0 Å². The molecular weight excluding hydrogens is 384 g/mol. The minimum atomic E-state index is -3.51. The van der Waals surface area contributed by atoms with E-state index in [4.69, 9.17) is 17.3 Å². The van der Waals surface area contributed by atoms with Crippen LogP contribution in [0.25, 0.3) is 22.4 Å². The van der Waals surface area contributed by atoms with Crippen LogP contribution in [0.3, 0.4) is 0 Å². The van der Waals surface area contributed by atoms with Gasteiger partial charge in [-0.1, -0.05) is 30.7 Å². The molecule has 2 N–H and O–H groups in total. The lowest BCUT2D eigenvalue weighted by Gasteiger charge is -2.13. The van der Waals surface area contributed by atoms with Gasteiger partial charge in [-0.05, 0) is 48.0 Å². The van der Waals surface area contributed by atoms with Crippen molar-refractivity contribution in [2.45, 2.75) is 11.8 Å². The third-order valence-corrected chi connectivity index (χ3v) is 6.31. The molecule has 138 valence electrons. The van der Waals surface area contributed by atoms with Crippen molar-refractivity contribution in [2.75, 3.05) is 5.75 Å². The summed E-state index contributed by atoms with van der Waals surface area (Å²) in [6.07, 6.45) is 1.65. The van der Waals surface area contributed by atoms with Gasteiger partial charge < -0.3 is 5.73 Å². The summed E-state index contributed by atoms with van der Waals surface area (Å²) in [5, 5.41) is 0.489. The molecule has 0 saturated carbocycles. The number of nitrogens with zero attached hydrogens (tertiary/aromatic N) is 1. The zero-order chi connectivity index (χ0) is 19.6. The summed E-state index contributed by atoms with van der Waals surface area (Å²) < 4.78 is 25.1. The maximum Gasteiger partial charge on any atom is 0.248 e. The van der Waals surface area contributed by atoms with Gasteiger partial charge >= 0.3 is 0 Å². The molecule has 3 aromatic rings. The lowest BCUT2D eigenvalue weighted by molar-refractivity contribution is 0.1000. The number of halogens is 1. The van der Waals surface area contributed by atoms with Gasteiger partial charge in [0.05, 0.1) is 16.3 Å². The molecule has 27 heavy (non-hydrogen) atoms. The monoisotopic (exact) mass is 400 g/mol. The van der Waals surface area contributed by atoms with Crippen LogP contribution in [0.4, 0.5) is 0 Å². The summed E-state index contributed by atoms with van der Waals surface area (Å²) in [4.78, 5) is 16.0. The van der Waals surface area contributed by atoms with Crippen LogP contribution in [0, 0.1) is 0 Å². The van der Waals surface area contributed by atoms with Crippen molar-refractivity contribution >= 4 is 27.3 Å². The Morgan fingerprint density at radius 3 is 2.48 bits per heavy atom. The van der Waals surface area contributed by atoms with E-state index in [9.17, 15) is 13.2 Å². The highest BCUT2D eigenvalue weighted by Crippen LogP contribution is 2.35. The van der Waals surface area contributed by atoms with Crippen LogP contribution >= 0.6 is 11.6 Å². The number of hydrogen-bond acceptors (Lipinski definition) is 4. The van der Waals surface area contributed by atoms with E-state index in [2.05, 4.69) is 4.98 Å². The first-order valence-electron chi connectivity index (χ1n) is 8.21. The number of hydrogen-bond donors (Lipinski definition) is 1. The predicted octanol–water partition coefficient (Wildman–Crippen LogP) is 3.96. The summed E-state index contributed by atoms with van der Waals surface area (Å²) >= 11 is 6.32. The minimum absolute atomic E-state index is 0.0589. The molecule has 0 saturated heterocycles. The van der Waals surface area contributed by atoms with Crippen molar-refractivity contribution < 1.29 is 13.2 Å². The van der Waals surface area contributed by atoms with E-state index < -0.39 is 15.7 Å². The molecule has 5 nitrogen and oxygen atoms in total. The number of carbonyl (C=O) groups excluding carboxylic acids is 1. The molecule has 1 amide bonds. The number of sulfone groups is 1. The maximum atomic E-state index is 12.5. The number of amides is 1. The summed E-state index contributed by atoms with van der Waals surface area (Å²) in [5.74, 6) is -0.688. The second-order valence-electron chi connectivity index (χ2n) is 5.89. The Kier molecular flexibility index (Phi) is 5.30. The summed E-state index contributed by atoms with van der Waals surface area (Å²) in [5.41, 5.74) is 7.95. The third-order valence-electron chi connectivity index (χ3n) is 4.20. The second kappa shape index (κ2) is 7.50. The average Bonchev–Trinajstić information content (AvgIpc) is 2.68. The van der Waals surface area contributed by atoms with Crippen LogP contribution in [0.5, 0.6) is 0 Å². The van der Waals surface area contributed by atoms with Crippen molar-refractivity contribution in [1.82, 2.24) is 4.98 Å². The number of pyridine rings is 1. The number of carbonyl (C=O) groups is 1. The van der Waals surface area contributed by atoms with Gasteiger partial charge in [0.2, 0.25) is 5.91 Å². The molecule has 7 heteroatoms. The molecule has 2 aromatic carbocycles. The quantitative estimate of drug-likeness (QED) is 0.701. The Balaban J connectivity index is 2.27. The largest absolute Gasteiger partial charge is 0.366 e. The number of benzene rings is 2. The van der Waals surface area contributed by atoms with Crippen LogP contribution in [0.1, 0.15) is 17.3 Å². The zero-order valence-corrected chi connectivity index (χ0v) is 16.1. The molecule has 1 aromatic heterocycles. The van der Waals surface area contributed by atoms with E-state index in [1.54, 1.807) is 37.4 Å². The molecule has 0 radical (unpaired) electrons. The molecule has 0 aliphatic heterocycles.